The summed E-state index contributed by atoms with van der Waals surface area (Å²) in [5.74, 6) is 0.854. The maximum atomic E-state index is 5.25. The number of anilines is 1. The smallest absolute Gasteiger partial charge is 0.135 e. The molecule has 0 aromatic heterocycles. The van der Waals surface area contributed by atoms with Gasteiger partial charge in [0.15, 0.2) is 0 Å². The second-order valence-corrected chi connectivity index (χ2v) is 4.87. The van der Waals surface area contributed by atoms with Crippen LogP contribution in [0, 0.1) is 0 Å². The second-order valence-electron chi connectivity index (χ2n) is 4.02. The first-order chi connectivity index (χ1) is 7.72. The fraction of sp³-hybridized carbons (Fsp3) is 0.500. The van der Waals surface area contributed by atoms with Gasteiger partial charge in [-0.1, -0.05) is 0 Å². The zero-order valence-electron chi connectivity index (χ0n) is 9.50. The van der Waals surface area contributed by atoms with Gasteiger partial charge in [-0.3, -0.25) is 0 Å². The Balaban J connectivity index is 1.95. The first-order valence-electron chi connectivity index (χ1n) is 5.36. The maximum Gasteiger partial charge on any atom is 0.135 e. The molecule has 0 radical (unpaired) electrons. The Bertz CT molecular complexity index is 364. The predicted octanol–water partition coefficient (Wildman–Crippen LogP) is 3.05. The molecule has 1 fully saturated rings. The number of benzene rings is 1. The standard InChI is InChI=1S/C12H16BrNO2/c1-15-10-5-9(6-10)14-8-3-4-11(13)12(7-8)16-2/h3-4,7,9-10,14H,5-6H2,1-2H3. The summed E-state index contributed by atoms with van der Waals surface area (Å²) in [6.45, 7) is 0. The zero-order chi connectivity index (χ0) is 11.5. The van der Waals surface area contributed by atoms with Crippen LogP contribution in [0.2, 0.25) is 0 Å². The van der Waals surface area contributed by atoms with Gasteiger partial charge in [-0.2, -0.15) is 0 Å². The van der Waals surface area contributed by atoms with Crippen molar-refractivity contribution in [2.75, 3.05) is 19.5 Å². The summed E-state index contributed by atoms with van der Waals surface area (Å²) in [4.78, 5) is 0. The molecule has 16 heavy (non-hydrogen) atoms. The van der Waals surface area contributed by atoms with Gasteiger partial charge >= 0.3 is 0 Å². The van der Waals surface area contributed by atoms with Crippen molar-refractivity contribution < 1.29 is 9.47 Å². The third kappa shape index (κ3) is 2.50. The van der Waals surface area contributed by atoms with Crippen LogP contribution >= 0.6 is 15.9 Å². The van der Waals surface area contributed by atoms with Gasteiger partial charge in [0, 0.05) is 24.9 Å². The van der Waals surface area contributed by atoms with E-state index in [2.05, 4.69) is 21.2 Å². The average molecular weight is 286 g/mol. The Morgan fingerprint density at radius 1 is 1.31 bits per heavy atom. The quantitative estimate of drug-likeness (QED) is 0.922. The minimum absolute atomic E-state index is 0.426. The molecule has 1 aromatic carbocycles. The van der Waals surface area contributed by atoms with E-state index in [9.17, 15) is 0 Å². The Hall–Kier alpha value is -0.740. The maximum absolute atomic E-state index is 5.25. The van der Waals surface area contributed by atoms with Crippen LogP contribution in [-0.4, -0.2) is 26.4 Å². The molecule has 0 atom stereocenters. The highest BCUT2D eigenvalue weighted by molar-refractivity contribution is 9.10. The van der Waals surface area contributed by atoms with Crippen molar-refractivity contribution in [3.63, 3.8) is 0 Å². The van der Waals surface area contributed by atoms with Crippen LogP contribution in [0.4, 0.5) is 5.69 Å². The van der Waals surface area contributed by atoms with Crippen LogP contribution in [0.3, 0.4) is 0 Å². The van der Waals surface area contributed by atoms with E-state index in [-0.39, 0.29) is 0 Å². The molecular weight excluding hydrogens is 270 g/mol. The fourth-order valence-corrected chi connectivity index (χ4v) is 2.27. The molecule has 0 bridgehead atoms. The van der Waals surface area contributed by atoms with E-state index in [0.29, 0.717) is 12.1 Å². The molecule has 88 valence electrons. The van der Waals surface area contributed by atoms with Crippen LogP contribution in [0.5, 0.6) is 5.75 Å². The molecule has 1 aliphatic carbocycles. The summed E-state index contributed by atoms with van der Waals surface area (Å²) >= 11 is 3.44. The molecule has 1 saturated carbocycles. The lowest BCUT2D eigenvalue weighted by atomic mass is 9.89. The van der Waals surface area contributed by atoms with Gasteiger partial charge in [0.2, 0.25) is 0 Å². The van der Waals surface area contributed by atoms with Crippen LogP contribution in [0.15, 0.2) is 22.7 Å². The van der Waals surface area contributed by atoms with Gasteiger partial charge < -0.3 is 14.8 Å². The fourth-order valence-electron chi connectivity index (χ4n) is 1.86. The molecular formula is C12H16BrNO2. The molecule has 1 aromatic rings. The Labute approximate surface area is 104 Å². The van der Waals surface area contributed by atoms with Crippen molar-refractivity contribution in [3.05, 3.63) is 22.7 Å². The van der Waals surface area contributed by atoms with Crippen LogP contribution in [-0.2, 0) is 4.74 Å². The molecule has 0 saturated heterocycles. The Kier molecular flexibility index (Phi) is 3.71. The van der Waals surface area contributed by atoms with Crippen molar-refractivity contribution in [2.24, 2.45) is 0 Å². The van der Waals surface area contributed by atoms with E-state index in [0.717, 1.165) is 28.8 Å². The van der Waals surface area contributed by atoms with Gasteiger partial charge in [-0.25, -0.2) is 0 Å². The average Bonchev–Trinajstić information content (AvgIpc) is 2.25. The lowest BCUT2D eigenvalue weighted by Crippen LogP contribution is -2.40. The number of hydrogen-bond donors (Lipinski definition) is 1. The molecule has 4 heteroatoms. The van der Waals surface area contributed by atoms with Crippen LogP contribution in [0.25, 0.3) is 0 Å². The van der Waals surface area contributed by atoms with Gasteiger partial charge in [-0.05, 0) is 40.9 Å². The number of hydrogen-bond acceptors (Lipinski definition) is 3. The molecule has 0 heterocycles. The first kappa shape index (κ1) is 11.7. The lowest BCUT2D eigenvalue weighted by Gasteiger charge is -2.35. The highest BCUT2D eigenvalue weighted by atomic mass is 79.9. The van der Waals surface area contributed by atoms with Crippen molar-refractivity contribution in [2.45, 2.75) is 25.0 Å². The molecule has 0 spiro atoms. The minimum atomic E-state index is 0.426. The summed E-state index contributed by atoms with van der Waals surface area (Å²) < 4.78 is 11.5. The molecule has 2 rings (SSSR count). The molecule has 3 nitrogen and oxygen atoms in total. The first-order valence-corrected chi connectivity index (χ1v) is 6.15. The third-order valence-electron chi connectivity index (χ3n) is 2.95. The summed E-state index contributed by atoms with van der Waals surface area (Å²) in [6, 6.07) is 6.57. The summed E-state index contributed by atoms with van der Waals surface area (Å²) in [6.07, 6.45) is 2.58. The van der Waals surface area contributed by atoms with E-state index >= 15 is 0 Å². The molecule has 1 aliphatic rings. The number of ether oxygens (including phenoxy) is 2. The monoisotopic (exact) mass is 285 g/mol. The minimum Gasteiger partial charge on any atom is -0.495 e. The van der Waals surface area contributed by atoms with E-state index in [1.165, 1.54) is 0 Å². The van der Waals surface area contributed by atoms with Gasteiger partial charge in [0.1, 0.15) is 5.75 Å². The van der Waals surface area contributed by atoms with Crippen molar-refractivity contribution in [1.29, 1.82) is 0 Å². The van der Waals surface area contributed by atoms with E-state index in [4.69, 9.17) is 9.47 Å². The summed E-state index contributed by atoms with van der Waals surface area (Å²) in [5.41, 5.74) is 1.10. The number of rotatable bonds is 4. The van der Waals surface area contributed by atoms with Crippen molar-refractivity contribution in [3.8, 4) is 5.75 Å². The van der Waals surface area contributed by atoms with Gasteiger partial charge in [0.05, 0.1) is 17.7 Å². The zero-order valence-corrected chi connectivity index (χ0v) is 11.1. The number of methoxy groups -OCH3 is 2. The predicted molar refractivity (Wildman–Crippen MR) is 68.1 cm³/mol. The van der Waals surface area contributed by atoms with Crippen LogP contribution < -0.4 is 10.1 Å². The van der Waals surface area contributed by atoms with Crippen LogP contribution in [0.1, 0.15) is 12.8 Å². The second kappa shape index (κ2) is 5.06. The number of nitrogens with one attached hydrogen (secondary N) is 1. The summed E-state index contributed by atoms with van der Waals surface area (Å²) in [5, 5.41) is 3.46. The number of halogens is 1. The lowest BCUT2D eigenvalue weighted by molar-refractivity contribution is 0.0329. The SMILES string of the molecule is COc1cc(NC2CC(OC)C2)ccc1Br. The molecule has 0 unspecified atom stereocenters. The highest BCUT2D eigenvalue weighted by Gasteiger charge is 2.28. The topological polar surface area (TPSA) is 30.5 Å². The van der Waals surface area contributed by atoms with Crippen molar-refractivity contribution >= 4 is 21.6 Å². The Morgan fingerprint density at radius 3 is 2.69 bits per heavy atom. The van der Waals surface area contributed by atoms with Crippen molar-refractivity contribution in [1.82, 2.24) is 0 Å². The van der Waals surface area contributed by atoms with E-state index < -0.39 is 0 Å². The van der Waals surface area contributed by atoms with E-state index in [1.54, 1.807) is 14.2 Å². The van der Waals surface area contributed by atoms with Gasteiger partial charge in [0.25, 0.3) is 0 Å². The largest absolute Gasteiger partial charge is 0.495 e. The van der Waals surface area contributed by atoms with Gasteiger partial charge in [-0.15, -0.1) is 0 Å². The molecule has 0 amide bonds. The molecule has 0 aliphatic heterocycles. The highest BCUT2D eigenvalue weighted by Crippen LogP contribution is 2.31. The Morgan fingerprint density at radius 2 is 2.06 bits per heavy atom. The third-order valence-corrected chi connectivity index (χ3v) is 3.61. The normalized spacial score (nSPS) is 23.7. The summed E-state index contributed by atoms with van der Waals surface area (Å²) in [7, 11) is 3.44. The molecule has 1 N–H and O–H groups in total. The van der Waals surface area contributed by atoms with E-state index in [1.807, 2.05) is 18.2 Å².